The quantitative estimate of drug-likeness (QED) is 0.214. The van der Waals surface area contributed by atoms with Crippen LogP contribution in [-0.4, -0.2) is 26.2 Å². The van der Waals surface area contributed by atoms with Crippen LogP contribution in [0.5, 0.6) is 0 Å². The second kappa shape index (κ2) is 9.16. The van der Waals surface area contributed by atoms with E-state index in [-0.39, 0.29) is 0 Å². The monoisotopic (exact) mass is 552 g/mol. The van der Waals surface area contributed by atoms with Gasteiger partial charge in [0.1, 0.15) is 22.3 Å². The van der Waals surface area contributed by atoms with Crippen molar-refractivity contribution < 1.29 is 8.83 Å². The molecule has 0 N–H and O–H groups in total. The van der Waals surface area contributed by atoms with E-state index in [1.165, 1.54) is 58.6 Å². The number of rotatable bonds is 2. The Morgan fingerprint density at radius 2 is 0.857 bits per heavy atom. The second-order valence-corrected chi connectivity index (χ2v) is 13.1. The van der Waals surface area contributed by atoms with Gasteiger partial charge in [0, 0.05) is 65.2 Å². The standard InChI is InChI=1S/C38H36N2O2/c1-23-7-11-39(12-8-23)29-5-3-25-17-31-33-21-34-32-18-26-4-6-30(40-13-9-24(2)10-14-40)16-28(26)20-36(32)42-38(34)22-37(33)41-35(31)19-27(25)15-29/h3-6,15-24H,7-14H2,1-2H3. The minimum absolute atomic E-state index is 0.828. The van der Waals surface area contributed by atoms with Crippen molar-refractivity contribution in [1.29, 1.82) is 0 Å². The molecular formula is C38H36N2O2. The van der Waals surface area contributed by atoms with Crippen LogP contribution in [0, 0.1) is 11.8 Å². The Morgan fingerprint density at radius 3 is 1.31 bits per heavy atom. The summed E-state index contributed by atoms with van der Waals surface area (Å²) in [6, 6.07) is 27.2. The number of fused-ring (bicyclic) bond motifs is 8. The Labute approximate surface area is 245 Å². The summed E-state index contributed by atoms with van der Waals surface area (Å²) in [5.41, 5.74) is 6.26. The number of hydrogen-bond donors (Lipinski definition) is 0. The Balaban J connectivity index is 1.13. The molecule has 4 heteroatoms. The fraction of sp³-hybridized carbons (Fsp3) is 0.316. The van der Waals surface area contributed by atoms with Crippen LogP contribution >= 0.6 is 0 Å². The summed E-state index contributed by atoms with van der Waals surface area (Å²) >= 11 is 0. The summed E-state index contributed by atoms with van der Waals surface area (Å²) in [6.07, 6.45) is 5.08. The first kappa shape index (κ1) is 24.4. The lowest BCUT2D eigenvalue weighted by atomic mass is 9.98. The third-order valence-electron chi connectivity index (χ3n) is 10.2. The molecule has 42 heavy (non-hydrogen) atoms. The molecule has 0 atom stereocenters. The van der Waals surface area contributed by atoms with Crippen molar-refractivity contribution in [1.82, 2.24) is 0 Å². The summed E-state index contributed by atoms with van der Waals surface area (Å²) in [5.74, 6) is 1.66. The highest BCUT2D eigenvalue weighted by Crippen LogP contribution is 2.40. The molecule has 0 unspecified atom stereocenters. The van der Waals surface area contributed by atoms with Crippen molar-refractivity contribution in [3.8, 4) is 0 Å². The van der Waals surface area contributed by atoms with Gasteiger partial charge < -0.3 is 18.6 Å². The molecule has 9 rings (SSSR count). The minimum Gasteiger partial charge on any atom is -0.456 e. The molecule has 2 aromatic heterocycles. The molecule has 210 valence electrons. The third kappa shape index (κ3) is 3.88. The van der Waals surface area contributed by atoms with Crippen LogP contribution in [0.15, 0.2) is 81.6 Å². The van der Waals surface area contributed by atoms with E-state index >= 15 is 0 Å². The summed E-state index contributed by atoms with van der Waals surface area (Å²) in [5, 5.41) is 9.58. The molecule has 0 radical (unpaired) electrons. The van der Waals surface area contributed by atoms with Crippen molar-refractivity contribution in [2.45, 2.75) is 39.5 Å². The zero-order valence-electron chi connectivity index (χ0n) is 24.5. The molecule has 5 aromatic carbocycles. The topological polar surface area (TPSA) is 32.8 Å². The number of benzene rings is 5. The van der Waals surface area contributed by atoms with Crippen molar-refractivity contribution >= 4 is 76.8 Å². The molecule has 4 heterocycles. The smallest absolute Gasteiger partial charge is 0.139 e. The molecule has 2 fully saturated rings. The van der Waals surface area contributed by atoms with Gasteiger partial charge in [-0.2, -0.15) is 0 Å². The maximum atomic E-state index is 6.45. The van der Waals surface area contributed by atoms with Crippen LogP contribution in [-0.2, 0) is 0 Å². The van der Waals surface area contributed by atoms with Crippen molar-refractivity contribution in [2.75, 3.05) is 36.0 Å². The van der Waals surface area contributed by atoms with E-state index in [0.29, 0.717) is 0 Å². The minimum atomic E-state index is 0.828. The first-order valence-electron chi connectivity index (χ1n) is 15.8. The number of nitrogens with zero attached hydrogens (tertiary/aromatic N) is 2. The van der Waals surface area contributed by atoms with Crippen LogP contribution in [0.3, 0.4) is 0 Å². The molecule has 0 spiro atoms. The van der Waals surface area contributed by atoms with Crippen LogP contribution in [0.2, 0.25) is 0 Å². The lowest BCUT2D eigenvalue weighted by Gasteiger charge is -2.32. The Hall–Kier alpha value is -4.18. The maximum Gasteiger partial charge on any atom is 0.139 e. The van der Waals surface area contributed by atoms with Gasteiger partial charge in [-0.05, 0) is 114 Å². The van der Waals surface area contributed by atoms with E-state index in [1.807, 2.05) is 0 Å². The summed E-state index contributed by atoms with van der Waals surface area (Å²) in [6.45, 7) is 9.29. The number of anilines is 2. The summed E-state index contributed by atoms with van der Waals surface area (Å²) in [7, 11) is 0. The van der Waals surface area contributed by atoms with E-state index in [2.05, 4.69) is 96.4 Å². The second-order valence-electron chi connectivity index (χ2n) is 13.1. The first-order chi connectivity index (χ1) is 20.6. The van der Waals surface area contributed by atoms with Gasteiger partial charge in [-0.1, -0.05) is 26.0 Å². The Morgan fingerprint density at radius 1 is 0.452 bits per heavy atom. The highest BCUT2D eigenvalue weighted by molar-refractivity contribution is 6.18. The molecule has 0 amide bonds. The van der Waals surface area contributed by atoms with E-state index in [0.717, 1.165) is 81.9 Å². The lowest BCUT2D eigenvalue weighted by molar-refractivity contribution is 0.438. The van der Waals surface area contributed by atoms with Gasteiger partial charge in [0.2, 0.25) is 0 Å². The van der Waals surface area contributed by atoms with E-state index in [1.54, 1.807) is 0 Å². The zero-order chi connectivity index (χ0) is 27.9. The average Bonchev–Trinajstić information content (AvgIpc) is 3.53. The van der Waals surface area contributed by atoms with E-state index < -0.39 is 0 Å². The highest BCUT2D eigenvalue weighted by atomic mass is 16.3. The van der Waals surface area contributed by atoms with E-state index in [4.69, 9.17) is 8.83 Å². The molecule has 2 aliphatic rings. The average molecular weight is 553 g/mol. The van der Waals surface area contributed by atoms with Gasteiger partial charge in [-0.3, -0.25) is 0 Å². The van der Waals surface area contributed by atoms with Gasteiger partial charge in [-0.25, -0.2) is 0 Å². The summed E-state index contributed by atoms with van der Waals surface area (Å²) in [4.78, 5) is 5.06. The van der Waals surface area contributed by atoms with Gasteiger partial charge in [-0.15, -0.1) is 0 Å². The van der Waals surface area contributed by atoms with Crippen molar-refractivity contribution in [3.63, 3.8) is 0 Å². The van der Waals surface area contributed by atoms with Crippen LogP contribution < -0.4 is 9.80 Å². The normalized spacial score (nSPS) is 17.7. The third-order valence-corrected chi connectivity index (χ3v) is 10.2. The molecule has 2 saturated heterocycles. The van der Waals surface area contributed by atoms with E-state index in [9.17, 15) is 0 Å². The zero-order valence-corrected chi connectivity index (χ0v) is 24.5. The van der Waals surface area contributed by atoms with Crippen LogP contribution in [0.25, 0.3) is 65.4 Å². The molecule has 0 bridgehead atoms. The van der Waals surface area contributed by atoms with Crippen LogP contribution in [0.4, 0.5) is 11.4 Å². The predicted octanol–water partition coefficient (Wildman–Crippen LogP) is 10.3. The molecule has 4 nitrogen and oxygen atoms in total. The number of piperidine rings is 2. The van der Waals surface area contributed by atoms with Gasteiger partial charge in [0.25, 0.3) is 0 Å². The number of furan rings is 2. The largest absolute Gasteiger partial charge is 0.456 e. The molecule has 0 aliphatic carbocycles. The molecule has 7 aromatic rings. The highest BCUT2D eigenvalue weighted by Gasteiger charge is 2.19. The van der Waals surface area contributed by atoms with Gasteiger partial charge in [0.15, 0.2) is 0 Å². The SMILES string of the molecule is CC1CCN(c2ccc3cc4c(cc3c2)oc2cc3oc5cc6cc(N7CCC(C)CC7)ccc6cc5c3cc24)CC1. The van der Waals surface area contributed by atoms with Gasteiger partial charge >= 0.3 is 0 Å². The summed E-state index contributed by atoms with van der Waals surface area (Å²) < 4.78 is 12.9. The Kier molecular flexibility index (Phi) is 5.33. The maximum absolute atomic E-state index is 6.45. The first-order valence-corrected chi connectivity index (χ1v) is 15.8. The van der Waals surface area contributed by atoms with Crippen LogP contribution in [0.1, 0.15) is 39.5 Å². The molecule has 2 aliphatic heterocycles. The fourth-order valence-electron chi connectivity index (χ4n) is 7.43. The number of hydrogen-bond acceptors (Lipinski definition) is 4. The Bertz CT molecular complexity index is 2000. The predicted molar refractivity (Wildman–Crippen MR) is 177 cm³/mol. The lowest BCUT2D eigenvalue weighted by Crippen LogP contribution is -2.32. The van der Waals surface area contributed by atoms with Gasteiger partial charge in [0.05, 0.1) is 0 Å². The van der Waals surface area contributed by atoms with Crippen molar-refractivity contribution in [2.24, 2.45) is 11.8 Å². The molecular weight excluding hydrogens is 516 g/mol. The molecule has 0 saturated carbocycles. The fourth-order valence-corrected chi connectivity index (χ4v) is 7.43. The van der Waals surface area contributed by atoms with Crippen molar-refractivity contribution in [3.05, 3.63) is 72.8 Å².